The molecule has 4 aromatic rings. The van der Waals surface area contributed by atoms with E-state index in [4.69, 9.17) is 14.4 Å². The summed E-state index contributed by atoms with van der Waals surface area (Å²) in [5.74, 6) is 1.62. The van der Waals surface area contributed by atoms with Crippen LogP contribution in [0.15, 0.2) is 58.0 Å². The lowest BCUT2D eigenvalue weighted by Gasteiger charge is -2.39. The van der Waals surface area contributed by atoms with Gasteiger partial charge in [-0.3, -0.25) is 24.8 Å². The molecule has 2 atom stereocenters. The van der Waals surface area contributed by atoms with E-state index in [-0.39, 0.29) is 23.7 Å². The lowest BCUT2D eigenvalue weighted by Crippen LogP contribution is -2.49. The molecule has 0 radical (unpaired) electrons. The number of imide groups is 1. The van der Waals surface area contributed by atoms with Gasteiger partial charge in [0.05, 0.1) is 39.9 Å². The Kier molecular flexibility index (Phi) is 9.38. The lowest BCUT2D eigenvalue weighted by atomic mass is 9.83. The third-order valence-corrected chi connectivity index (χ3v) is 10.7. The lowest BCUT2D eigenvalue weighted by molar-refractivity contribution is -0.137. The Morgan fingerprint density at radius 1 is 1.02 bits per heavy atom. The van der Waals surface area contributed by atoms with Gasteiger partial charge in [0.15, 0.2) is 0 Å². The fraction of sp³-hybridized carbons (Fsp3) is 0.459. The zero-order valence-electron chi connectivity index (χ0n) is 29.2. The molecule has 4 aliphatic heterocycles. The first kappa shape index (κ1) is 33.5. The van der Waals surface area contributed by atoms with Crippen LogP contribution in [-0.2, 0) is 9.59 Å². The van der Waals surface area contributed by atoms with Gasteiger partial charge in [-0.1, -0.05) is 5.10 Å². The summed E-state index contributed by atoms with van der Waals surface area (Å²) < 4.78 is 8.01. The molecule has 52 heavy (non-hydrogen) atoms. The minimum absolute atomic E-state index is 0.0579. The van der Waals surface area contributed by atoms with Crippen LogP contribution in [-0.4, -0.2) is 105 Å². The van der Waals surface area contributed by atoms with Crippen molar-refractivity contribution in [3.8, 4) is 28.9 Å². The predicted octanol–water partition coefficient (Wildman–Crippen LogP) is 3.57. The van der Waals surface area contributed by atoms with Crippen LogP contribution >= 0.6 is 0 Å². The quantitative estimate of drug-likeness (QED) is 0.243. The summed E-state index contributed by atoms with van der Waals surface area (Å²) in [7, 11) is 0. The van der Waals surface area contributed by atoms with Crippen molar-refractivity contribution >= 4 is 35.2 Å². The first-order valence-corrected chi connectivity index (χ1v) is 18.2. The van der Waals surface area contributed by atoms with Crippen molar-refractivity contribution in [3.63, 3.8) is 0 Å². The predicted molar refractivity (Wildman–Crippen MR) is 194 cm³/mol. The van der Waals surface area contributed by atoms with Crippen LogP contribution < -0.4 is 15.5 Å². The first-order chi connectivity index (χ1) is 25.4. The van der Waals surface area contributed by atoms with Gasteiger partial charge in [-0.2, -0.15) is 10.4 Å². The van der Waals surface area contributed by atoms with E-state index in [1.807, 2.05) is 31.3 Å². The normalized spacial score (nSPS) is 21.7. The van der Waals surface area contributed by atoms with Crippen LogP contribution in [0.4, 0.5) is 11.7 Å². The molecule has 268 valence electrons. The van der Waals surface area contributed by atoms with Gasteiger partial charge >= 0.3 is 6.01 Å². The van der Waals surface area contributed by atoms with E-state index in [1.54, 1.807) is 23.0 Å². The molecular formula is C37H42N12O3. The minimum Gasteiger partial charge on any atom is -0.403 e. The summed E-state index contributed by atoms with van der Waals surface area (Å²) in [6, 6.07) is 10.3. The van der Waals surface area contributed by atoms with E-state index in [1.165, 1.54) is 0 Å². The highest BCUT2D eigenvalue weighted by atomic mass is 16.4. The summed E-state index contributed by atoms with van der Waals surface area (Å²) in [5, 5.41) is 28.4. The van der Waals surface area contributed by atoms with E-state index in [9.17, 15) is 14.9 Å². The maximum Gasteiger partial charge on any atom is 0.318 e. The second-order valence-corrected chi connectivity index (χ2v) is 14.0. The Labute approximate surface area is 301 Å². The fourth-order valence-corrected chi connectivity index (χ4v) is 7.77. The van der Waals surface area contributed by atoms with Crippen molar-refractivity contribution < 1.29 is 14.0 Å². The van der Waals surface area contributed by atoms with Gasteiger partial charge in [-0.25, -0.2) is 9.51 Å². The van der Waals surface area contributed by atoms with Crippen LogP contribution in [0, 0.1) is 29.1 Å². The van der Waals surface area contributed by atoms with Crippen LogP contribution in [0.3, 0.4) is 0 Å². The van der Waals surface area contributed by atoms with Gasteiger partial charge in [-0.05, 0) is 68.9 Å². The number of fused-ring (bicyclic) bond motifs is 1. The second-order valence-electron chi connectivity index (χ2n) is 14.0. The Bertz CT molecular complexity index is 2060. The largest absolute Gasteiger partial charge is 0.403 e. The number of carbonyl (C=O) groups is 2. The Morgan fingerprint density at radius 3 is 2.62 bits per heavy atom. The third kappa shape index (κ3) is 6.85. The molecule has 8 rings (SSSR count). The van der Waals surface area contributed by atoms with E-state index >= 15 is 0 Å². The smallest absolute Gasteiger partial charge is 0.318 e. The fourth-order valence-electron chi connectivity index (χ4n) is 7.77. The molecule has 4 aliphatic rings. The Balaban J connectivity index is 0.831. The number of amides is 2. The highest BCUT2D eigenvalue weighted by Crippen LogP contribution is 2.33. The number of aromatic nitrogens is 5. The van der Waals surface area contributed by atoms with Gasteiger partial charge in [0.25, 0.3) is 5.89 Å². The topological polar surface area (TPSA) is 173 Å². The molecule has 2 N–H and O–H groups in total. The number of hydrogen-bond donors (Lipinski definition) is 2. The molecule has 4 aromatic heterocycles. The van der Waals surface area contributed by atoms with Crippen molar-refractivity contribution in [2.24, 2.45) is 22.7 Å². The zero-order valence-corrected chi connectivity index (χ0v) is 29.2. The van der Waals surface area contributed by atoms with Crippen LogP contribution in [0.5, 0.6) is 0 Å². The number of carbonyl (C=O) groups excluding carboxylic acids is 2. The molecule has 0 aromatic carbocycles. The molecule has 0 spiro atoms. The number of pyridine rings is 1. The van der Waals surface area contributed by atoms with Crippen molar-refractivity contribution in [1.29, 1.82) is 5.26 Å². The Morgan fingerprint density at radius 2 is 1.87 bits per heavy atom. The average molecular weight is 703 g/mol. The summed E-state index contributed by atoms with van der Waals surface area (Å²) in [6.07, 6.45) is 11.4. The van der Waals surface area contributed by atoms with Crippen molar-refractivity contribution in [2.45, 2.75) is 39.0 Å². The number of likely N-dealkylation sites (tertiary alicyclic amines) is 1. The highest BCUT2D eigenvalue weighted by molar-refractivity contribution is 5.99. The number of anilines is 2. The maximum absolute atomic E-state index is 12.3. The van der Waals surface area contributed by atoms with E-state index < -0.39 is 0 Å². The Hall–Kier alpha value is -5.62. The third-order valence-electron chi connectivity index (χ3n) is 10.7. The van der Waals surface area contributed by atoms with E-state index in [0.717, 1.165) is 99.1 Å². The molecule has 3 fully saturated rings. The molecule has 0 saturated carbocycles. The van der Waals surface area contributed by atoms with Crippen molar-refractivity contribution in [1.82, 2.24) is 39.9 Å². The van der Waals surface area contributed by atoms with Gasteiger partial charge < -0.3 is 19.5 Å². The van der Waals surface area contributed by atoms with Gasteiger partial charge in [0, 0.05) is 83.0 Å². The average Bonchev–Trinajstić information content (AvgIpc) is 3.84. The zero-order chi connectivity index (χ0) is 35.6. The van der Waals surface area contributed by atoms with Crippen LogP contribution in [0.1, 0.15) is 44.6 Å². The molecule has 0 aliphatic carbocycles. The van der Waals surface area contributed by atoms with E-state index in [2.05, 4.69) is 52.8 Å². The number of piperidine rings is 2. The number of aliphatic imine (C=N–C) groups is 1. The number of rotatable bonds is 9. The summed E-state index contributed by atoms with van der Waals surface area (Å²) in [5.41, 5.74) is 4.46. The molecule has 1 unspecified atom stereocenters. The monoisotopic (exact) mass is 702 g/mol. The van der Waals surface area contributed by atoms with Crippen molar-refractivity contribution in [3.05, 3.63) is 54.1 Å². The van der Waals surface area contributed by atoms with E-state index in [0.29, 0.717) is 42.8 Å². The summed E-state index contributed by atoms with van der Waals surface area (Å²) >= 11 is 0. The maximum atomic E-state index is 12.3. The number of allylic oxidation sites excluding steroid dienone is 1. The van der Waals surface area contributed by atoms with Crippen LogP contribution in [0.2, 0.25) is 0 Å². The molecule has 0 bridgehead atoms. The number of nitriles is 1. The highest BCUT2D eigenvalue weighted by Gasteiger charge is 2.34. The van der Waals surface area contributed by atoms with Crippen molar-refractivity contribution in [2.75, 3.05) is 62.6 Å². The number of piperazine rings is 1. The van der Waals surface area contributed by atoms with Crippen LogP contribution in [0.25, 0.3) is 28.4 Å². The number of nitrogens with zero attached hydrogens (tertiary/aromatic N) is 10. The molecule has 2 amide bonds. The molecule has 3 saturated heterocycles. The molecule has 15 heteroatoms. The minimum atomic E-state index is -0.175. The molecule has 8 heterocycles. The van der Waals surface area contributed by atoms with Gasteiger partial charge in [-0.15, -0.1) is 5.10 Å². The summed E-state index contributed by atoms with van der Waals surface area (Å²) in [6.45, 7) is 9.27. The standard InChI is InChI=1S/C37H42N12O3/c1-2-39-30-18-31(32-6-4-27-17-25(19-38)20-42-49(27)32)40-22-29(30)36-44-45-37(52-36)48-15-13-46(14-16-48)23-24-9-11-47(12-10-24)33-7-3-26(21-41-33)28-5-8-34(50)43-35(28)51/h4,6-7,17-18,20-22,24,26,28H,2-3,5,8-16,23H2,1H3,(H,39,40)(H,43,50,51)/t26?,28-/m0/s1. The summed E-state index contributed by atoms with van der Waals surface area (Å²) in [4.78, 5) is 40.4. The first-order valence-electron chi connectivity index (χ1n) is 18.2. The molecular weight excluding hydrogens is 660 g/mol. The SMILES string of the molecule is CCNc1cc(-c2ccc3cc(C#N)cnn23)ncc1-c1nnc(N2CCN(CC3CCN(C4=CCC([C@@H]5CCC(=O)NC5=O)C=N4)CC3)CC2)o1. The number of nitrogens with one attached hydrogen (secondary N) is 2. The molecule has 15 nitrogen and oxygen atoms in total. The number of hydrogen-bond acceptors (Lipinski definition) is 13. The second kappa shape index (κ2) is 14.5. The van der Waals surface area contributed by atoms with Gasteiger partial charge in [0.2, 0.25) is 11.8 Å². The van der Waals surface area contributed by atoms with Gasteiger partial charge in [0.1, 0.15) is 11.9 Å².